The molecule has 0 aliphatic carbocycles. The molecule has 1 aromatic carbocycles. The Morgan fingerprint density at radius 2 is 2.05 bits per heavy atom. The van der Waals surface area contributed by atoms with Crippen molar-refractivity contribution in [3.63, 3.8) is 0 Å². The Kier molecular flexibility index (Phi) is 2.98. The van der Waals surface area contributed by atoms with Gasteiger partial charge in [-0.15, -0.1) is 0 Å². The molecule has 2 aromatic heterocycles. The number of imidazole rings is 1. The lowest BCUT2D eigenvalue weighted by molar-refractivity contribution is -0.386. The Balaban J connectivity index is 2.38. The third-order valence-electron chi connectivity index (χ3n) is 3.09. The maximum absolute atomic E-state index is 11.4. The van der Waals surface area contributed by atoms with Crippen molar-refractivity contribution >= 4 is 16.7 Å². The summed E-state index contributed by atoms with van der Waals surface area (Å²) >= 11 is 0. The molecule has 0 aliphatic rings. The summed E-state index contributed by atoms with van der Waals surface area (Å²) in [7, 11) is 1.33. The molecule has 3 rings (SSSR count). The van der Waals surface area contributed by atoms with E-state index in [0.717, 1.165) is 11.0 Å². The van der Waals surface area contributed by atoms with E-state index in [-0.39, 0.29) is 17.4 Å². The van der Waals surface area contributed by atoms with E-state index in [0.29, 0.717) is 5.82 Å². The standard InChI is InChI=1S/C13H11N5O3/c1-8-16-9-5-3-4-6-10(9)17(8)12-11(18(19)20)13(21-2)15-7-14-12/h3-7H,1-2H3. The van der Waals surface area contributed by atoms with Crippen LogP contribution in [0.2, 0.25) is 0 Å². The Hall–Kier alpha value is -3.03. The van der Waals surface area contributed by atoms with Crippen LogP contribution in [-0.4, -0.2) is 31.6 Å². The van der Waals surface area contributed by atoms with Gasteiger partial charge in [0.05, 0.1) is 23.1 Å². The van der Waals surface area contributed by atoms with E-state index < -0.39 is 4.92 Å². The Morgan fingerprint density at radius 1 is 1.29 bits per heavy atom. The van der Waals surface area contributed by atoms with Crippen molar-refractivity contribution in [1.29, 1.82) is 0 Å². The van der Waals surface area contributed by atoms with E-state index in [2.05, 4.69) is 15.0 Å². The lowest BCUT2D eigenvalue weighted by atomic mass is 10.3. The maximum Gasteiger partial charge on any atom is 0.373 e. The highest BCUT2D eigenvalue weighted by atomic mass is 16.6. The normalized spacial score (nSPS) is 10.8. The van der Waals surface area contributed by atoms with E-state index in [1.54, 1.807) is 11.5 Å². The summed E-state index contributed by atoms with van der Waals surface area (Å²) in [6.45, 7) is 1.76. The van der Waals surface area contributed by atoms with E-state index in [9.17, 15) is 10.1 Å². The average Bonchev–Trinajstić information content (AvgIpc) is 2.81. The predicted molar refractivity (Wildman–Crippen MR) is 74.6 cm³/mol. The average molecular weight is 285 g/mol. The molecular weight excluding hydrogens is 274 g/mol. The Labute approximate surface area is 119 Å². The van der Waals surface area contributed by atoms with Crippen molar-refractivity contribution in [3.05, 3.63) is 46.5 Å². The molecule has 0 atom stereocenters. The van der Waals surface area contributed by atoms with Crippen molar-refractivity contribution in [2.45, 2.75) is 6.92 Å². The molecule has 0 amide bonds. The summed E-state index contributed by atoms with van der Waals surface area (Å²) in [6.07, 6.45) is 1.23. The number of ether oxygens (including phenoxy) is 1. The van der Waals surface area contributed by atoms with E-state index >= 15 is 0 Å². The molecule has 0 bridgehead atoms. The summed E-state index contributed by atoms with van der Waals surface area (Å²) in [5.41, 5.74) is 1.19. The second kappa shape index (κ2) is 4.82. The molecular formula is C13H11N5O3. The molecule has 0 fully saturated rings. The first-order valence-corrected chi connectivity index (χ1v) is 6.11. The summed E-state index contributed by atoms with van der Waals surface area (Å²) in [5.74, 6) is 0.653. The number of hydrogen-bond acceptors (Lipinski definition) is 6. The van der Waals surface area contributed by atoms with Crippen molar-refractivity contribution in [2.24, 2.45) is 0 Å². The summed E-state index contributed by atoms with van der Waals surface area (Å²) < 4.78 is 6.59. The molecule has 0 saturated carbocycles. The van der Waals surface area contributed by atoms with Gasteiger partial charge in [-0.1, -0.05) is 12.1 Å². The summed E-state index contributed by atoms with van der Waals surface area (Å²) in [5, 5.41) is 11.4. The first-order chi connectivity index (χ1) is 10.1. The van der Waals surface area contributed by atoms with E-state index in [4.69, 9.17) is 4.74 Å². The maximum atomic E-state index is 11.4. The van der Waals surface area contributed by atoms with Crippen LogP contribution in [0.5, 0.6) is 5.88 Å². The predicted octanol–water partition coefficient (Wildman–Crippen LogP) is 2.04. The largest absolute Gasteiger partial charge is 0.476 e. The fraction of sp³-hybridized carbons (Fsp3) is 0.154. The molecule has 8 heteroatoms. The second-order valence-electron chi connectivity index (χ2n) is 4.30. The molecule has 0 saturated heterocycles. The molecule has 3 aromatic rings. The Morgan fingerprint density at radius 3 is 2.76 bits per heavy atom. The molecule has 0 spiro atoms. The van der Waals surface area contributed by atoms with Gasteiger partial charge in [0.25, 0.3) is 5.88 Å². The van der Waals surface area contributed by atoms with Crippen molar-refractivity contribution in [2.75, 3.05) is 7.11 Å². The van der Waals surface area contributed by atoms with Crippen LogP contribution in [0.1, 0.15) is 5.82 Å². The molecule has 2 heterocycles. The number of fused-ring (bicyclic) bond motifs is 1. The Bertz CT molecular complexity index is 843. The molecule has 0 N–H and O–H groups in total. The third-order valence-corrected chi connectivity index (χ3v) is 3.09. The zero-order valence-corrected chi connectivity index (χ0v) is 11.3. The number of aromatic nitrogens is 4. The number of nitro groups is 1. The third kappa shape index (κ3) is 1.97. The van der Waals surface area contributed by atoms with Gasteiger partial charge in [0.15, 0.2) is 0 Å². The number of nitrogens with zero attached hydrogens (tertiary/aromatic N) is 5. The van der Waals surface area contributed by atoms with Gasteiger partial charge in [0.2, 0.25) is 5.82 Å². The topological polar surface area (TPSA) is 96.0 Å². The van der Waals surface area contributed by atoms with Crippen LogP contribution in [0.15, 0.2) is 30.6 Å². The zero-order valence-electron chi connectivity index (χ0n) is 11.3. The van der Waals surface area contributed by atoms with Crippen LogP contribution in [0.25, 0.3) is 16.9 Å². The minimum absolute atomic E-state index is 0.0813. The van der Waals surface area contributed by atoms with Crippen molar-refractivity contribution in [3.8, 4) is 11.7 Å². The number of benzene rings is 1. The SMILES string of the molecule is COc1ncnc(-n2c(C)nc3ccccc32)c1[N+](=O)[O-]. The molecule has 0 aliphatic heterocycles. The monoisotopic (exact) mass is 285 g/mol. The zero-order chi connectivity index (χ0) is 15.0. The van der Waals surface area contributed by atoms with Crippen LogP contribution >= 0.6 is 0 Å². The van der Waals surface area contributed by atoms with Crippen LogP contribution in [0.4, 0.5) is 5.69 Å². The number of para-hydroxylation sites is 2. The first kappa shape index (κ1) is 13.0. The lowest BCUT2D eigenvalue weighted by Gasteiger charge is -2.08. The van der Waals surface area contributed by atoms with Gasteiger partial charge < -0.3 is 4.74 Å². The summed E-state index contributed by atoms with van der Waals surface area (Å²) in [4.78, 5) is 23.0. The van der Waals surface area contributed by atoms with Crippen LogP contribution in [0.3, 0.4) is 0 Å². The van der Waals surface area contributed by atoms with Gasteiger partial charge in [-0.3, -0.25) is 14.7 Å². The highest BCUT2D eigenvalue weighted by molar-refractivity contribution is 5.79. The van der Waals surface area contributed by atoms with Crippen LogP contribution in [-0.2, 0) is 0 Å². The summed E-state index contributed by atoms with van der Waals surface area (Å²) in [6, 6.07) is 7.36. The van der Waals surface area contributed by atoms with Crippen molar-refractivity contribution < 1.29 is 9.66 Å². The van der Waals surface area contributed by atoms with Crippen LogP contribution in [0, 0.1) is 17.0 Å². The van der Waals surface area contributed by atoms with Gasteiger partial charge in [-0.25, -0.2) is 9.97 Å². The van der Waals surface area contributed by atoms with Crippen LogP contribution < -0.4 is 4.74 Å². The van der Waals surface area contributed by atoms with Gasteiger partial charge in [-0.05, 0) is 19.1 Å². The highest BCUT2D eigenvalue weighted by Gasteiger charge is 2.27. The first-order valence-electron chi connectivity index (χ1n) is 6.11. The quantitative estimate of drug-likeness (QED) is 0.539. The minimum Gasteiger partial charge on any atom is -0.476 e. The van der Waals surface area contributed by atoms with E-state index in [1.165, 1.54) is 13.4 Å². The highest BCUT2D eigenvalue weighted by Crippen LogP contribution is 2.32. The number of hydrogen-bond donors (Lipinski definition) is 0. The number of aryl methyl sites for hydroxylation is 1. The molecule has 0 unspecified atom stereocenters. The second-order valence-corrected chi connectivity index (χ2v) is 4.30. The molecule has 21 heavy (non-hydrogen) atoms. The minimum atomic E-state index is -0.553. The lowest BCUT2D eigenvalue weighted by Crippen LogP contribution is -2.07. The number of methoxy groups -OCH3 is 1. The van der Waals surface area contributed by atoms with Gasteiger partial charge in [-0.2, -0.15) is 4.98 Å². The smallest absolute Gasteiger partial charge is 0.373 e. The van der Waals surface area contributed by atoms with Gasteiger partial charge in [0.1, 0.15) is 12.2 Å². The molecule has 8 nitrogen and oxygen atoms in total. The molecule has 106 valence electrons. The number of rotatable bonds is 3. The fourth-order valence-corrected chi connectivity index (χ4v) is 2.24. The van der Waals surface area contributed by atoms with Gasteiger partial charge in [0, 0.05) is 0 Å². The fourth-order valence-electron chi connectivity index (χ4n) is 2.24. The molecule has 0 radical (unpaired) electrons. The van der Waals surface area contributed by atoms with Crippen molar-refractivity contribution in [1.82, 2.24) is 19.5 Å². The van der Waals surface area contributed by atoms with E-state index in [1.807, 2.05) is 24.3 Å². The van der Waals surface area contributed by atoms with Gasteiger partial charge >= 0.3 is 5.69 Å².